The van der Waals surface area contributed by atoms with Crippen LogP contribution in [0.1, 0.15) is 66.9 Å². The van der Waals surface area contributed by atoms with E-state index in [4.69, 9.17) is 19.7 Å². The number of carboxylic acids is 2. The van der Waals surface area contributed by atoms with Crippen molar-refractivity contribution in [3.8, 4) is 17.2 Å². The van der Waals surface area contributed by atoms with Gasteiger partial charge in [-0.15, -0.1) is 0 Å². The maximum atomic E-state index is 11.5. The van der Waals surface area contributed by atoms with E-state index >= 15 is 0 Å². The molecule has 6 atom stereocenters. The Morgan fingerprint density at radius 2 is 1.52 bits per heavy atom. The molecule has 12 heteroatoms. The normalized spacial score (nSPS) is 26.3. The van der Waals surface area contributed by atoms with E-state index < -0.39 is 54.7 Å². The number of phenols is 2. The maximum Gasteiger partial charge on any atom is 0.335 e. The Kier molecular flexibility index (Phi) is 14.9. The molecule has 4 unspecified atom stereocenters. The fourth-order valence-corrected chi connectivity index (χ4v) is 4.69. The number of fused-ring (bicyclic) bond motifs is 1. The minimum Gasteiger partial charge on any atom is -0.508 e. The van der Waals surface area contributed by atoms with E-state index in [2.05, 4.69) is 20.8 Å². The van der Waals surface area contributed by atoms with Gasteiger partial charge in [-0.3, -0.25) is 0 Å². The van der Waals surface area contributed by atoms with Crippen molar-refractivity contribution in [2.75, 3.05) is 0 Å². The highest BCUT2D eigenvalue weighted by molar-refractivity contribution is 5.82. The Morgan fingerprint density at radius 3 is 2.00 bits per heavy atom. The van der Waals surface area contributed by atoms with Crippen molar-refractivity contribution in [1.29, 1.82) is 0 Å². The number of aromatic hydroxyl groups is 2. The van der Waals surface area contributed by atoms with Gasteiger partial charge in [0.15, 0.2) is 5.60 Å². The summed E-state index contributed by atoms with van der Waals surface area (Å²) >= 11 is 0. The molecule has 0 amide bonds. The zero-order valence-corrected chi connectivity index (χ0v) is 26.4. The fourth-order valence-electron chi connectivity index (χ4n) is 4.69. The monoisotopic (exact) mass is 624 g/mol. The van der Waals surface area contributed by atoms with Gasteiger partial charge in [0.05, 0.1) is 6.10 Å². The van der Waals surface area contributed by atoms with E-state index in [9.17, 15) is 39.9 Å². The molecule has 12 nitrogen and oxygen atoms in total. The van der Waals surface area contributed by atoms with Crippen LogP contribution in [0.15, 0.2) is 36.4 Å². The van der Waals surface area contributed by atoms with Crippen LogP contribution in [0.3, 0.4) is 0 Å². The van der Waals surface area contributed by atoms with Gasteiger partial charge in [-0.2, -0.15) is 0 Å². The molecule has 0 radical (unpaired) electrons. The van der Waals surface area contributed by atoms with Crippen LogP contribution in [-0.2, 0) is 25.5 Å². The number of hydrogen-bond acceptors (Lipinski definition) is 10. The molecule has 7 N–H and O–H groups in total. The third kappa shape index (κ3) is 12.2. The fraction of sp³-hybridized carbons (Fsp3) is 0.594. The molecule has 1 fully saturated rings. The van der Waals surface area contributed by atoms with Gasteiger partial charge in [-0.25, -0.2) is 14.4 Å². The van der Waals surface area contributed by atoms with Gasteiger partial charge in [0.1, 0.15) is 35.6 Å². The number of aliphatic hydroxyl groups is 3. The van der Waals surface area contributed by atoms with E-state index in [0.717, 1.165) is 24.1 Å². The van der Waals surface area contributed by atoms with E-state index in [-0.39, 0.29) is 23.5 Å². The van der Waals surface area contributed by atoms with Crippen LogP contribution in [0.2, 0.25) is 0 Å². The molecular formula is C32H48O12. The number of aliphatic hydroxyl groups excluding tert-OH is 2. The van der Waals surface area contributed by atoms with Crippen LogP contribution in [0.25, 0.3) is 0 Å². The Morgan fingerprint density at radius 1 is 0.955 bits per heavy atom. The molecular weight excluding hydrogens is 576 g/mol. The predicted molar refractivity (Wildman–Crippen MR) is 161 cm³/mol. The SMILES string of the molecule is CC(C)/C=C/C(=O)O.CC(C)/C=C/C(=O)OC1CC(O)(C(=O)O)CC(O)C1O.CC(C)[C@@H]1Oc2cc(O)cc(O)c2C[C@@H]1C. The van der Waals surface area contributed by atoms with Gasteiger partial charge in [0, 0.05) is 42.7 Å². The van der Waals surface area contributed by atoms with Gasteiger partial charge in [0.25, 0.3) is 0 Å². The van der Waals surface area contributed by atoms with Gasteiger partial charge in [-0.1, -0.05) is 60.6 Å². The van der Waals surface area contributed by atoms with Crippen molar-refractivity contribution in [2.45, 2.75) is 97.7 Å². The van der Waals surface area contributed by atoms with Crippen LogP contribution in [0.5, 0.6) is 17.2 Å². The van der Waals surface area contributed by atoms with Crippen molar-refractivity contribution >= 4 is 17.9 Å². The van der Waals surface area contributed by atoms with E-state index in [1.807, 2.05) is 27.7 Å². The molecule has 44 heavy (non-hydrogen) atoms. The summed E-state index contributed by atoms with van der Waals surface area (Å²) in [4.78, 5) is 32.3. The second kappa shape index (κ2) is 17.0. The smallest absolute Gasteiger partial charge is 0.335 e. The average Bonchev–Trinajstić information content (AvgIpc) is 2.90. The summed E-state index contributed by atoms with van der Waals surface area (Å²) in [5.74, 6) is -1.11. The highest BCUT2D eigenvalue weighted by atomic mass is 16.6. The number of carboxylic acid groups (broad SMARTS) is 2. The highest BCUT2D eigenvalue weighted by Crippen LogP contribution is 2.40. The summed E-state index contributed by atoms with van der Waals surface area (Å²) in [6, 6.07) is 2.95. The first-order valence-corrected chi connectivity index (χ1v) is 14.6. The minimum absolute atomic E-state index is 0.0494. The standard InChI is InChI=1S/C13H20O7.C13H18O3.C6H10O2/c1-7(2)3-4-10(15)20-9-6-13(19,12(17)18)5-8(14)11(9)16;1-7(2)13-8(3)4-10-11(15)5-9(14)6-12(10)16-13;1-5(2)3-4-6(7)8/h3-4,7-9,11,14,16,19H,5-6H2,1-2H3,(H,17,18);5-8,13-15H,4H2,1-3H3;3-5H,1-2H3,(H,7,8)/b4-3+;;4-3+/t;8-,13-;/m.0./s1. The van der Waals surface area contributed by atoms with Gasteiger partial charge in [-0.05, 0) is 30.1 Å². The molecule has 248 valence electrons. The number of phenolic OH excluding ortho intramolecular Hbond substituents is 2. The highest BCUT2D eigenvalue weighted by Gasteiger charge is 2.50. The number of carbonyl (C=O) groups is 3. The second-order valence-electron chi connectivity index (χ2n) is 12.3. The van der Waals surface area contributed by atoms with Crippen molar-refractivity contribution in [3.63, 3.8) is 0 Å². The molecule has 1 aromatic carbocycles. The number of hydrogen-bond donors (Lipinski definition) is 7. The first kappa shape index (κ1) is 38.4. The molecule has 1 heterocycles. The Labute approximate surface area is 258 Å². The number of ether oxygens (including phenoxy) is 2. The Balaban J connectivity index is 0.000000360. The minimum atomic E-state index is -2.22. The average molecular weight is 625 g/mol. The molecule has 1 aliphatic carbocycles. The maximum absolute atomic E-state index is 11.5. The number of rotatable bonds is 7. The number of allylic oxidation sites excluding steroid dienone is 2. The number of aliphatic carboxylic acids is 2. The molecule has 0 aromatic heterocycles. The van der Waals surface area contributed by atoms with Gasteiger partial charge >= 0.3 is 17.9 Å². The summed E-state index contributed by atoms with van der Waals surface area (Å²) in [6.07, 6.45) is 1.33. The van der Waals surface area contributed by atoms with Crippen molar-refractivity contribution in [3.05, 3.63) is 42.0 Å². The molecule has 1 aliphatic heterocycles. The second-order valence-corrected chi connectivity index (χ2v) is 12.3. The lowest BCUT2D eigenvalue weighted by Gasteiger charge is -2.39. The van der Waals surface area contributed by atoms with E-state index in [1.54, 1.807) is 18.2 Å². The zero-order chi connectivity index (χ0) is 33.9. The molecule has 0 spiro atoms. The van der Waals surface area contributed by atoms with E-state index in [0.29, 0.717) is 23.5 Å². The molecule has 1 aromatic rings. The Bertz CT molecular complexity index is 1170. The molecule has 3 rings (SSSR count). The molecule has 1 saturated carbocycles. The molecule has 0 bridgehead atoms. The molecule has 2 aliphatic rings. The van der Waals surface area contributed by atoms with Crippen molar-refractivity contribution in [1.82, 2.24) is 0 Å². The van der Waals surface area contributed by atoms with Crippen molar-refractivity contribution < 1.29 is 59.6 Å². The number of esters is 1. The largest absolute Gasteiger partial charge is 0.508 e. The summed E-state index contributed by atoms with van der Waals surface area (Å²) in [7, 11) is 0. The third-order valence-electron chi connectivity index (χ3n) is 6.94. The number of carbonyl (C=O) groups excluding carboxylic acids is 1. The van der Waals surface area contributed by atoms with Crippen LogP contribution < -0.4 is 4.74 Å². The Hall–Kier alpha value is -3.61. The van der Waals surface area contributed by atoms with Crippen LogP contribution in [-0.4, -0.2) is 83.7 Å². The van der Waals surface area contributed by atoms with Crippen LogP contribution in [0, 0.1) is 23.7 Å². The quantitative estimate of drug-likeness (QED) is 0.172. The lowest BCUT2D eigenvalue weighted by Crippen LogP contribution is -2.57. The van der Waals surface area contributed by atoms with Gasteiger partial charge < -0.3 is 45.2 Å². The topological polar surface area (TPSA) is 211 Å². The van der Waals surface area contributed by atoms with E-state index in [1.165, 1.54) is 6.07 Å². The summed E-state index contributed by atoms with van der Waals surface area (Å²) < 4.78 is 10.8. The first-order valence-electron chi connectivity index (χ1n) is 14.6. The zero-order valence-electron chi connectivity index (χ0n) is 26.4. The summed E-state index contributed by atoms with van der Waals surface area (Å²) in [5.41, 5.74) is -1.41. The number of benzene rings is 1. The molecule has 0 saturated heterocycles. The van der Waals surface area contributed by atoms with Crippen LogP contribution in [0.4, 0.5) is 0 Å². The van der Waals surface area contributed by atoms with Crippen molar-refractivity contribution in [2.24, 2.45) is 23.7 Å². The third-order valence-corrected chi connectivity index (χ3v) is 6.94. The lowest BCUT2D eigenvalue weighted by atomic mass is 9.79. The lowest BCUT2D eigenvalue weighted by molar-refractivity contribution is -0.196. The van der Waals surface area contributed by atoms with Crippen LogP contribution >= 0.6 is 0 Å². The summed E-state index contributed by atoms with van der Waals surface area (Å²) in [6.45, 7) is 13.9. The predicted octanol–water partition coefficient (Wildman–Crippen LogP) is 3.42. The summed E-state index contributed by atoms with van der Waals surface area (Å²) in [5, 5.41) is 65.3. The van der Waals surface area contributed by atoms with Gasteiger partial charge in [0.2, 0.25) is 0 Å². The first-order chi connectivity index (χ1) is 20.3.